The molecule has 1 aliphatic rings. The van der Waals surface area contributed by atoms with E-state index in [0.29, 0.717) is 45.4 Å². The molecule has 3 aromatic rings. The maximum atomic E-state index is 13.2. The molecule has 158 valence electrons. The lowest BCUT2D eigenvalue weighted by Crippen LogP contribution is -2.41. The van der Waals surface area contributed by atoms with Crippen molar-refractivity contribution in [2.24, 2.45) is 0 Å². The average molecular weight is 446 g/mol. The Labute approximate surface area is 186 Å². The van der Waals surface area contributed by atoms with Crippen LogP contribution in [-0.4, -0.2) is 4.68 Å². The van der Waals surface area contributed by atoms with Gasteiger partial charge in [-0.25, -0.2) is 4.68 Å². The van der Waals surface area contributed by atoms with Gasteiger partial charge in [0.2, 0.25) is 5.55 Å². The number of fused-ring (bicyclic) bond motifs is 1. The molecule has 10 heteroatoms. The number of hydrogen-bond acceptors (Lipinski definition) is 8. The van der Waals surface area contributed by atoms with Gasteiger partial charge < -0.3 is 15.9 Å². The number of nitrogens with zero attached hydrogens (tertiary/aromatic N) is 3. The second-order valence-electron chi connectivity index (χ2n) is 7.02. The van der Waals surface area contributed by atoms with Gasteiger partial charge >= 0.3 is 0 Å². The molecule has 0 unspecified atom stereocenters. The molecule has 6 N–H and O–H groups in total. The fourth-order valence-electron chi connectivity index (χ4n) is 3.67. The Morgan fingerprint density at radius 3 is 2.50 bits per heavy atom. The largest absolute Gasteiger partial charge is 0.439 e. The van der Waals surface area contributed by atoms with Crippen LogP contribution in [0.4, 0.5) is 11.5 Å². The number of rotatable bonds is 3. The molecule has 0 fully saturated rings. The number of halogens is 1. The molecular formula is C22H16ClN7O2. The standard InChI is InChI=1S/C22H16ClN7O2/c23-12-6-4-11(5-7-12)19-13(9-24)21(28)30(22(31)14(19)10-25)29-16-2-1-3-17-20(16)15(26)8-18(27)32-17/h3-8,27,29H,1-2,26,28H2. The van der Waals surface area contributed by atoms with E-state index in [9.17, 15) is 15.3 Å². The minimum atomic E-state index is -0.717. The first-order valence-corrected chi connectivity index (χ1v) is 9.82. The Morgan fingerprint density at radius 2 is 1.84 bits per heavy atom. The van der Waals surface area contributed by atoms with E-state index in [2.05, 4.69) is 5.43 Å². The third-order valence-electron chi connectivity index (χ3n) is 5.08. The van der Waals surface area contributed by atoms with Gasteiger partial charge in [-0.15, -0.1) is 0 Å². The molecule has 32 heavy (non-hydrogen) atoms. The predicted octanol–water partition coefficient (Wildman–Crippen LogP) is 1.08. The van der Waals surface area contributed by atoms with E-state index in [1.165, 1.54) is 6.07 Å². The summed E-state index contributed by atoms with van der Waals surface area (Å²) in [7, 11) is 0. The van der Waals surface area contributed by atoms with Crippen molar-refractivity contribution in [3.05, 3.63) is 73.0 Å². The van der Waals surface area contributed by atoms with Crippen molar-refractivity contribution in [3.8, 4) is 23.3 Å². The molecule has 0 amide bonds. The van der Waals surface area contributed by atoms with E-state index in [1.54, 1.807) is 30.3 Å². The van der Waals surface area contributed by atoms with Crippen molar-refractivity contribution < 1.29 is 4.42 Å². The number of nitrogens with two attached hydrogens (primary N) is 2. The topological polar surface area (TPSA) is 171 Å². The first-order chi connectivity index (χ1) is 15.3. The van der Waals surface area contributed by atoms with Crippen LogP contribution in [0.1, 0.15) is 24.0 Å². The van der Waals surface area contributed by atoms with Crippen molar-refractivity contribution in [1.82, 2.24) is 4.68 Å². The number of anilines is 2. The molecule has 2 heterocycles. The summed E-state index contributed by atoms with van der Waals surface area (Å²) in [6.45, 7) is 0. The summed E-state index contributed by atoms with van der Waals surface area (Å²) in [4.78, 5) is 13.2. The number of nitrogens with one attached hydrogen (secondary N) is 2. The Bertz CT molecular complexity index is 1590. The van der Waals surface area contributed by atoms with E-state index in [1.807, 2.05) is 12.1 Å². The van der Waals surface area contributed by atoms with Gasteiger partial charge in [0.1, 0.15) is 34.5 Å². The van der Waals surface area contributed by atoms with Crippen molar-refractivity contribution >= 4 is 34.9 Å². The number of aromatic nitrogens is 1. The molecule has 0 aliphatic heterocycles. The Balaban J connectivity index is 2.00. The minimum absolute atomic E-state index is 0.0293. The van der Waals surface area contributed by atoms with Gasteiger partial charge in [-0.05, 0) is 36.6 Å². The SMILES string of the molecule is N#Cc1c(-c2ccc(Cl)cc2)c(C#N)c(=O)n(NC2=c3c(N)cc(=N)oc3=CCC2)c1N. The molecule has 4 rings (SSSR count). The summed E-state index contributed by atoms with van der Waals surface area (Å²) in [5, 5.41) is 28.2. The molecule has 1 aromatic carbocycles. The zero-order valence-corrected chi connectivity index (χ0v) is 17.3. The van der Waals surface area contributed by atoms with Crippen molar-refractivity contribution in [2.45, 2.75) is 12.8 Å². The molecule has 0 bridgehead atoms. The van der Waals surface area contributed by atoms with Crippen LogP contribution in [0.25, 0.3) is 22.9 Å². The summed E-state index contributed by atoms with van der Waals surface area (Å²) < 4.78 is 6.39. The van der Waals surface area contributed by atoms with Gasteiger partial charge in [0.15, 0.2) is 0 Å². The lowest BCUT2D eigenvalue weighted by Gasteiger charge is -2.20. The second-order valence-corrected chi connectivity index (χ2v) is 7.46. The van der Waals surface area contributed by atoms with Gasteiger partial charge in [0.25, 0.3) is 5.56 Å². The highest BCUT2D eigenvalue weighted by Crippen LogP contribution is 2.30. The highest BCUT2D eigenvalue weighted by molar-refractivity contribution is 6.30. The fraction of sp³-hybridized carbons (Fsp3) is 0.0909. The summed E-state index contributed by atoms with van der Waals surface area (Å²) >= 11 is 5.94. The van der Waals surface area contributed by atoms with Crippen LogP contribution < -0.4 is 38.6 Å². The maximum Gasteiger partial charge on any atom is 0.289 e. The van der Waals surface area contributed by atoms with Gasteiger partial charge in [-0.2, -0.15) is 10.5 Å². The molecule has 0 saturated carbocycles. The third kappa shape index (κ3) is 3.37. The van der Waals surface area contributed by atoms with E-state index < -0.39 is 5.56 Å². The monoisotopic (exact) mass is 445 g/mol. The lowest BCUT2D eigenvalue weighted by molar-refractivity contribution is 0.450. The van der Waals surface area contributed by atoms with E-state index >= 15 is 0 Å². The number of nitriles is 2. The predicted molar refractivity (Wildman–Crippen MR) is 120 cm³/mol. The number of pyridine rings is 1. The highest BCUT2D eigenvalue weighted by Gasteiger charge is 2.23. The van der Waals surface area contributed by atoms with Gasteiger partial charge in [-0.1, -0.05) is 23.7 Å². The Morgan fingerprint density at radius 1 is 1.16 bits per heavy atom. The maximum absolute atomic E-state index is 13.2. The smallest absolute Gasteiger partial charge is 0.289 e. The van der Waals surface area contributed by atoms with E-state index in [0.717, 1.165) is 4.68 Å². The van der Waals surface area contributed by atoms with Gasteiger partial charge in [-0.3, -0.25) is 15.6 Å². The van der Waals surface area contributed by atoms with Crippen molar-refractivity contribution in [1.29, 1.82) is 15.9 Å². The molecule has 0 spiro atoms. The van der Waals surface area contributed by atoms with Crippen LogP contribution >= 0.6 is 11.6 Å². The van der Waals surface area contributed by atoms with Crippen molar-refractivity contribution in [3.63, 3.8) is 0 Å². The zero-order valence-electron chi connectivity index (χ0n) is 16.6. The second kappa shape index (κ2) is 7.99. The van der Waals surface area contributed by atoms with Crippen LogP contribution in [0.5, 0.6) is 0 Å². The summed E-state index contributed by atoms with van der Waals surface area (Å²) in [5.74, 6) is -0.155. The van der Waals surface area contributed by atoms with Gasteiger partial charge in [0, 0.05) is 28.0 Å². The molecule has 2 aromatic heterocycles. The van der Waals surface area contributed by atoms with Gasteiger partial charge in [0.05, 0.1) is 5.22 Å². The van der Waals surface area contributed by atoms with Crippen LogP contribution in [0.2, 0.25) is 5.02 Å². The number of hydrogen-bond donors (Lipinski definition) is 4. The number of nitrogen functional groups attached to an aromatic ring is 2. The van der Waals surface area contributed by atoms with Crippen LogP contribution in [0.3, 0.4) is 0 Å². The van der Waals surface area contributed by atoms with Crippen LogP contribution in [-0.2, 0) is 0 Å². The normalized spacial score (nSPS) is 12.3. The van der Waals surface area contributed by atoms with Crippen molar-refractivity contribution in [2.75, 3.05) is 16.9 Å². The molecule has 0 atom stereocenters. The summed E-state index contributed by atoms with van der Waals surface area (Å²) in [6.07, 6.45) is 2.83. The van der Waals surface area contributed by atoms with Crippen LogP contribution in [0.15, 0.2) is 39.5 Å². The number of benzene rings is 1. The third-order valence-corrected chi connectivity index (χ3v) is 5.34. The molecule has 9 nitrogen and oxygen atoms in total. The van der Waals surface area contributed by atoms with Crippen LogP contribution in [0, 0.1) is 28.1 Å². The fourth-order valence-corrected chi connectivity index (χ4v) is 3.79. The minimum Gasteiger partial charge on any atom is -0.439 e. The quantitative estimate of drug-likeness (QED) is 0.467. The Kier molecular flexibility index (Phi) is 5.19. The highest BCUT2D eigenvalue weighted by atomic mass is 35.5. The summed E-state index contributed by atoms with van der Waals surface area (Å²) in [5.41, 5.74) is 16.0. The molecule has 0 radical (unpaired) electrons. The first kappa shape index (κ1) is 20.8. The summed E-state index contributed by atoms with van der Waals surface area (Å²) in [6, 6.07) is 11.7. The average Bonchev–Trinajstić information content (AvgIpc) is 2.76. The molecule has 1 aliphatic carbocycles. The first-order valence-electron chi connectivity index (χ1n) is 9.45. The van der Waals surface area contributed by atoms with E-state index in [-0.39, 0.29) is 28.1 Å². The lowest BCUT2D eigenvalue weighted by atomic mass is 9.96. The van der Waals surface area contributed by atoms with E-state index in [4.69, 9.17) is 32.9 Å². The Hall–Kier alpha value is -4.47. The molecular weight excluding hydrogens is 430 g/mol. The zero-order chi connectivity index (χ0) is 23.0. The molecule has 0 saturated heterocycles.